The number of carbonyl (C=O) groups excluding carboxylic acids is 2. The highest BCUT2D eigenvalue weighted by Gasteiger charge is 2.33. The van der Waals surface area contributed by atoms with Crippen LogP contribution in [0.5, 0.6) is 0 Å². The Kier molecular flexibility index (Phi) is 5.77. The summed E-state index contributed by atoms with van der Waals surface area (Å²) < 4.78 is 0.798. The van der Waals surface area contributed by atoms with Gasteiger partial charge in [-0.15, -0.1) is 17.0 Å². The number of hydrogen-bond donors (Lipinski definition) is 1. The predicted molar refractivity (Wildman–Crippen MR) is 97.6 cm³/mol. The van der Waals surface area contributed by atoms with Gasteiger partial charge in [-0.3, -0.25) is 9.59 Å². The van der Waals surface area contributed by atoms with Gasteiger partial charge in [-0.1, -0.05) is 35.7 Å². The lowest BCUT2D eigenvalue weighted by Gasteiger charge is -2.28. The molecular weight excluding hydrogens is 384 g/mol. The van der Waals surface area contributed by atoms with Crippen LogP contribution in [0.1, 0.15) is 12.0 Å². The SMILES string of the molecule is Br.Nc1ccc(CN2CCC(=O)C(=C3SC=CS3)C2=O)cc1. The highest BCUT2D eigenvalue weighted by atomic mass is 79.9. The van der Waals surface area contributed by atoms with Gasteiger partial charge in [-0.05, 0) is 28.5 Å². The van der Waals surface area contributed by atoms with E-state index in [1.54, 1.807) is 4.90 Å². The molecule has 22 heavy (non-hydrogen) atoms. The average molecular weight is 399 g/mol. The zero-order chi connectivity index (χ0) is 14.8. The Morgan fingerprint density at radius 2 is 1.73 bits per heavy atom. The molecule has 1 fully saturated rings. The minimum atomic E-state index is -0.165. The van der Waals surface area contributed by atoms with Crippen LogP contribution in [-0.4, -0.2) is 23.1 Å². The largest absolute Gasteiger partial charge is 0.399 e. The summed E-state index contributed by atoms with van der Waals surface area (Å²) in [6.07, 6.45) is 0.390. The third-order valence-corrected chi connectivity index (χ3v) is 5.48. The third-order valence-electron chi connectivity index (χ3n) is 3.35. The molecule has 0 aliphatic carbocycles. The number of halogens is 1. The Morgan fingerprint density at radius 3 is 2.36 bits per heavy atom. The first-order chi connectivity index (χ1) is 10.1. The van der Waals surface area contributed by atoms with Gasteiger partial charge < -0.3 is 10.6 Å². The fourth-order valence-corrected chi connectivity index (χ4v) is 4.15. The molecule has 2 aliphatic rings. The van der Waals surface area contributed by atoms with Crippen LogP contribution >= 0.6 is 40.5 Å². The molecule has 1 saturated heterocycles. The molecule has 116 valence electrons. The van der Waals surface area contributed by atoms with Crippen molar-refractivity contribution in [1.29, 1.82) is 0 Å². The molecule has 0 unspecified atom stereocenters. The van der Waals surface area contributed by atoms with Gasteiger partial charge >= 0.3 is 0 Å². The number of piperidine rings is 1. The molecule has 0 radical (unpaired) electrons. The molecule has 7 heteroatoms. The van der Waals surface area contributed by atoms with Gasteiger partial charge in [0.05, 0.1) is 4.24 Å². The number of nitrogens with zero attached hydrogens (tertiary/aromatic N) is 1. The van der Waals surface area contributed by atoms with E-state index in [-0.39, 0.29) is 28.7 Å². The van der Waals surface area contributed by atoms with Gasteiger partial charge in [-0.2, -0.15) is 0 Å². The van der Waals surface area contributed by atoms with Crippen molar-refractivity contribution in [2.45, 2.75) is 13.0 Å². The van der Waals surface area contributed by atoms with Crippen molar-refractivity contribution in [1.82, 2.24) is 4.90 Å². The number of hydrogen-bond acceptors (Lipinski definition) is 5. The standard InChI is InChI=1S/C15H14N2O2S2.BrH/c16-11-3-1-10(2-4-11)9-17-6-5-12(18)13(14(17)19)15-20-7-8-21-15;/h1-4,7-8H,5-6,9,16H2;1H. The summed E-state index contributed by atoms with van der Waals surface area (Å²) >= 11 is 2.89. The summed E-state index contributed by atoms with van der Waals surface area (Å²) in [5.41, 5.74) is 7.72. The smallest absolute Gasteiger partial charge is 0.259 e. The van der Waals surface area contributed by atoms with E-state index in [0.717, 1.165) is 9.80 Å². The van der Waals surface area contributed by atoms with Crippen molar-refractivity contribution in [2.75, 3.05) is 12.3 Å². The maximum Gasteiger partial charge on any atom is 0.259 e. The molecular formula is C15H15BrN2O2S2. The second-order valence-corrected chi connectivity index (χ2v) is 6.90. The van der Waals surface area contributed by atoms with E-state index in [1.807, 2.05) is 35.1 Å². The van der Waals surface area contributed by atoms with Crippen LogP contribution in [0.25, 0.3) is 0 Å². The second-order valence-electron chi connectivity index (χ2n) is 4.81. The average Bonchev–Trinajstić information content (AvgIpc) is 2.98. The highest BCUT2D eigenvalue weighted by Crippen LogP contribution is 2.41. The number of amides is 1. The van der Waals surface area contributed by atoms with E-state index < -0.39 is 0 Å². The summed E-state index contributed by atoms with van der Waals surface area (Å²) in [4.78, 5) is 26.4. The first-order valence-corrected chi connectivity index (χ1v) is 8.30. The van der Waals surface area contributed by atoms with Crippen LogP contribution in [0.4, 0.5) is 5.69 Å². The number of likely N-dealkylation sites (tertiary alicyclic amines) is 1. The van der Waals surface area contributed by atoms with Crippen molar-refractivity contribution in [2.24, 2.45) is 0 Å². The summed E-state index contributed by atoms with van der Waals surface area (Å²) in [5.74, 6) is -0.214. The highest BCUT2D eigenvalue weighted by molar-refractivity contribution is 8.93. The molecule has 4 nitrogen and oxygen atoms in total. The number of nitrogens with two attached hydrogens (primary N) is 1. The van der Waals surface area contributed by atoms with Gasteiger partial charge in [0.2, 0.25) is 0 Å². The number of rotatable bonds is 2. The quantitative estimate of drug-likeness (QED) is 0.470. The molecule has 0 atom stereocenters. The van der Waals surface area contributed by atoms with Gasteiger partial charge in [0, 0.05) is 25.2 Å². The molecule has 2 N–H and O–H groups in total. The predicted octanol–water partition coefficient (Wildman–Crippen LogP) is 3.31. The summed E-state index contributed by atoms with van der Waals surface area (Å²) in [6.45, 7) is 0.980. The molecule has 0 aromatic heterocycles. The lowest BCUT2D eigenvalue weighted by atomic mass is 10.0. The van der Waals surface area contributed by atoms with Crippen molar-refractivity contribution in [3.05, 3.63) is 50.5 Å². The molecule has 2 heterocycles. The van der Waals surface area contributed by atoms with Crippen LogP contribution in [-0.2, 0) is 16.1 Å². The van der Waals surface area contributed by atoms with E-state index in [1.165, 1.54) is 23.5 Å². The number of nitrogen functional groups attached to an aromatic ring is 1. The fourth-order valence-electron chi connectivity index (χ4n) is 2.26. The monoisotopic (exact) mass is 398 g/mol. The number of anilines is 1. The Labute approximate surface area is 148 Å². The number of benzene rings is 1. The maximum absolute atomic E-state index is 12.6. The van der Waals surface area contributed by atoms with Crippen LogP contribution < -0.4 is 5.73 Å². The Morgan fingerprint density at radius 1 is 1.09 bits per heavy atom. The molecule has 0 spiro atoms. The van der Waals surface area contributed by atoms with E-state index >= 15 is 0 Å². The van der Waals surface area contributed by atoms with Crippen molar-refractivity contribution >= 4 is 57.9 Å². The second kappa shape index (κ2) is 7.39. The van der Waals surface area contributed by atoms with Crippen molar-refractivity contribution in [3.8, 4) is 0 Å². The zero-order valence-corrected chi connectivity index (χ0v) is 15.0. The Bertz CT molecular complexity index is 646. The number of Topliss-reactive ketones (excluding diaryl/α,β-unsaturated/α-hetero) is 1. The molecule has 1 amide bonds. The number of carbonyl (C=O) groups is 2. The summed E-state index contributed by atoms with van der Waals surface area (Å²) in [5, 5.41) is 3.79. The van der Waals surface area contributed by atoms with Crippen molar-refractivity contribution < 1.29 is 9.59 Å². The molecule has 1 aromatic rings. The van der Waals surface area contributed by atoms with Gasteiger partial charge in [0.15, 0.2) is 5.78 Å². The first-order valence-electron chi connectivity index (χ1n) is 6.54. The Balaban J connectivity index is 0.00000176. The van der Waals surface area contributed by atoms with Gasteiger partial charge in [0.25, 0.3) is 5.91 Å². The minimum absolute atomic E-state index is 0. The Hall–Kier alpha value is -1.18. The van der Waals surface area contributed by atoms with Crippen LogP contribution in [0, 0.1) is 0 Å². The van der Waals surface area contributed by atoms with Gasteiger partial charge in [0.1, 0.15) is 5.57 Å². The minimum Gasteiger partial charge on any atom is -0.399 e. The fraction of sp³-hybridized carbons (Fsp3) is 0.200. The van der Waals surface area contributed by atoms with Crippen LogP contribution in [0.3, 0.4) is 0 Å². The van der Waals surface area contributed by atoms with E-state index in [4.69, 9.17) is 5.73 Å². The normalized spacial score (nSPS) is 17.9. The van der Waals surface area contributed by atoms with Crippen LogP contribution in [0.15, 0.2) is 44.9 Å². The number of thioether (sulfide) groups is 2. The lowest BCUT2D eigenvalue weighted by Crippen LogP contribution is -2.40. The lowest BCUT2D eigenvalue weighted by molar-refractivity contribution is -0.133. The van der Waals surface area contributed by atoms with Crippen LogP contribution in [0.2, 0.25) is 0 Å². The van der Waals surface area contributed by atoms with E-state index in [0.29, 0.717) is 30.8 Å². The number of ketones is 1. The van der Waals surface area contributed by atoms with E-state index in [9.17, 15) is 9.59 Å². The molecule has 2 aliphatic heterocycles. The molecule has 3 rings (SSSR count). The van der Waals surface area contributed by atoms with E-state index in [2.05, 4.69) is 0 Å². The zero-order valence-electron chi connectivity index (χ0n) is 11.7. The van der Waals surface area contributed by atoms with Gasteiger partial charge in [-0.25, -0.2) is 0 Å². The third kappa shape index (κ3) is 3.59. The topological polar surface area (TPSA) is 63.4 Å². The molecule has 0 saturated carbocycles. The maximum atomic E-state index is 12.6. The molecule has 1 aromatic carbocycles. The van der Waals surface area contributed by atoms with Crippen molar-refractivity contribution in [3.63, 3.8) is 0 Å². The first kappa shape index (κ1) is 17.2. The summed E-state index contributed by atoms with van der Waals surface area (Å²) in [6, 6.07) is 7.46. The summed E-state index contributed by atoms with van der Waals surface area (Å²) in [7, 11) is 0. The molecule has 0 bridgehead atoms.